The van der Waals surface area contributed by atoms with Crippen LogP contribution < -0.4 is 10.8 Å². The molecule has 2 rings (SSSR count). The van der Waals surface area contributed by atoms with Gasteiger partial charge >= 0.3 is 0 Å². The first-order valence-electron chi connectivity index (χ1n) is 7.27. The smallest absolute Gasteiger partial charge is 0.257 e. The van der Waals surface area contributed by atoms with E-state index in [4.69, 9.17) is 10.3 Å². The van der Waals surface area contributed by atoms with Crippen LogP contribution in [0.25, 0.3) is 0 Å². The normalized spacial score (nSPS) is 13.3. The maximum Gasteiger partial charge on any atom is 0.257 e. The van der Waals surface area contributed by atoms with Crippen LogP contribution in [0.4, 0.5) is 0 Å². The third kappa shape index (κ3) is 4.53. The van der Waals surface area contributed by atoms with Crippen LogP contribution in [-0.4, -0.2) is 21.3 Å². The molecular weight excluding hydrogens is 296 g/mol. The third-order valence-electron chi connectivity index (χ3n) is 3.62. The molecule has 0 aliphatic heterocycles. The number of nitrogens with one attached hydrogen (secondary N) is 2. The highest BCUT2D eigenvalue weighted by atomic mass is 16.5. The monoisotopic (exact) mass is 317 g/mol. The number of aliphatic hydroxyl groups is 1. The molecule has 122 valence electrons. The molecule has 2 aromatic rings. The Kier molecular flexibility index (Phi) is 5.70. The van der Waals surface area contributed by atoms with Gasteiger partial charge in [-0.05, 0) is 24.1 Å². The number of rotatable bonds is 6. The first-order valence-corrected chi connectivity index (χ1v) is 7.27. The number of carbonyl (C=O) groups excluding carboxylic acids is 1. The Bertz CT molecular complexity index is 658. The Hall–Kier alpha value is -2.41. The lowest BCUT2D eigenvalue weighted by Gasteiger charge is -2.16. The molecule has 0 aliphatic carbocycles. The van der Waals surface area contributed by atoms with Gasteiger partial charge in [-0.2, -0.15) is 5.48 Å². The summed E-state index contributed by atoms with van der Waals surface area (Å²) in [5, 5.41) is 28.8. The highest BCUT2D eigenvalue weighted by Crippen LogP contribution is 2.18. The molecule has 1 amide bonds. The summed E-state index contributed by atoms with van der Waals surface area (Å²) in [6, 6.07) is 13.7. The minimum atomic E-state index is -1.14. The standard InChI is InChI=1S/C17H20N2O4/c1-11(12-6-8-13(9-7-12)17(22)19-23)18-16(21)10-14-4-2-3-5-15(14)20/h2-9,11,17,19-20,22-23H,10H2,1H3,(H,18,21)/p+1. The number of hydroxylamine groups is 1. The Morgan fingerprint density at radius 2 is 1.74 bits per heavy atom. The number of para-hydroxylation sites is 1. The van der Waals surface area contributed by atoms with Crippen molar-refractivity contribution < 1.29 is 20.2 Å². The first kappa shape index (κ1) is 17.0. The molecule has 2 aromatic carbocycles. The zero-order valence-electron chi connectivity index (χ0n) is 12.8. The van der Waals surface area contributed by atoms with E-state index in [1.165, 1.54) is 0 Å². The molecule has 0 fully saturated rings. The van der Waals surface area contributed by atoms with E-state index in [1.807, 2.05) is 13.0 Å². The predicted octanol–water partition coefficient (Wildman–Crippen LogP) is 1.51. The van der Waals surface area contributed by atoms with Gasteiger partial charge in [0.15, 0.2) is 6.23 Å². The number of hydrogen-bond acceptors (Lipinski definition) is 4. The minimum Gasteiger partial charge on any atom is -0.593 e. The molecule has 0 aromatic heterocycles. The zero-order chi connectivity index (χ0) is 16.8. The molecular formula is C17H21N2O4+. The van der Waals surface area contributed by atoms with Crippen molar-refractivity contribution in [2.24, 2.45) is 0 Å². The summed E-state index contributed by atoms with van der Waals surface area (Å²) in [7, 11) is 0. The highest BCUT2D eigenvalue weighted by Gasteiger charge is 2.14. The van der Waals surface area contributed by atoms with Crippen LogP contribution in [0.3, 0.4) is 0 Å². The van der Waals surface area contributed by atoms with Gasteiger partial charge in [0.05, 0.1) is 18.0 Å². The van der Waals surface area contributed by atoms with Gasteiger partial charge in [0.25, 0.3) is 5.75 Å². The average Bonchev–Trinajstić information content (AvgIpc) is 2.56. The molecule has 0 saturated carbocycles. The van der Waals surface area contributed by atoms with Crippen LogP contribution in [0.15, 0.2) is 48.5 Å². The van der Waals surface area contributed by atoms with Gasteiger partial charge in [-0.25, -0.2) is 0 Å². The van der Waals surface area contributed by atoms with Crippen molar-refractivity contribution in [1.29, 1.82) is 0 Å². The lowest BCUT2D eigenvalue weighted by Crippen LogP contribution is -2.28. The van der Waals surface area contributed by atoms with Crippen molar-refractivity contribution >= 4 is 5.91 Å². The van der Waals surface area contributed by atoms with Crippen LogP contribution in [0, 0.1) is 0 Å². The molecule has 23 heavy (non-hydrogen) atoms. The number of hydrogen-bond donors (Lipinski definition) is 4. The van der Waals surface area contributed by atoms with Gasteiger partial charge in [0.1, 0.15) is 0 Å². The van der Waals surface area contributed by atoms with Gasteiger partial charge in [-0.15, -0.1) is 0 Å². The fourth-order valence-electron chi connectivity index (χ4n) is 2.26. The Balaban J connectivity index is 1.97. The first-order chi connectivity index (χ1) is 11.0. The second-order valence-electron chi connectivity index (χ2n) is 5.32. The van der Waals surface area contributed by atoms with Crippen LogP contribution in [0.5, 0.6) is 5.75 Å². The molecule has 2 unspecified atom stereocenters. The zero-order valence-corrected chi connectivity index (χ0v) is 12.8. The summed E-state index contributed by atoms with van der Waals surface area (Å²) >= 11 is 0. The SMILES string of the molecule is CC(NC(=O)Cc1ccccc1[OH2+])c1ccc(C(O)NO)cc1. The third-order valence-corrected chi connectivity index (χ3v) is 3.62. The summed E-state index contributed by atoms with van der Waals surface area (Å²) in [6.45, 7) is 1.86. The largest absolute Gasteiger partial charge is 0.593 e. The average molecular weight is 317 g/mol. The highest BCUT2D eigenvalue weighted by molar-refractivity contribution is 5.79. The molecule has 0 bridgehead atoms. The van der Waals surface area contributed by atoms with Crippen molar-refractivity contribution in [3.8, 4) is 5.75 Å². The van der Waals surface area contributed by atoms with E-state index in [-0.39, 0.29) is 18.4 Å². The van der Waals surface area contributed by atoms with Gasteiger partial charge in [-0.1, -0.05) is 36.4 Å². The van der Waals surface area contributed by atoms with Gasteiger partial charge in [0, 0.05) is 6.07 Å². The second kappa shape index (κ2) is 7.73. The Morgan fingerprint density at radius 3 is 2.35 bits per heavy atom. The van der Waals surface area contributed by atoms with Crippen LogP contribution in [0.2, 0.25) is 0 Å². The van der Waals surface area contributed by atoms with Crippen molar-refractivity contribution in [2.75, 3.05) is 0 Å². The van der Waals surface area contributed by atoms with E-state index in [0.717, 1.165) is 5.56 Å². The van der Waals surface area contributed by atoms with Gasteiger partial charge < -0.3 is 20.7 Å². The number of amides is 1. The van der Waals surface area contributed by atoms with Crippen molar-refractivity contribution in [1.82, 2.24) is 10.8 Å². The van der Waals surface area contributed by atoms with E-state index < -0.39 is 6.23 Å². The van der Waals surface area contributed by atoms with E-state index in [9.17, 15) is 9.90 Å². The van der Waals surface area contributed by atoms with E-state index >= 15 is 0 Å². The fourth-order valence-corrected chi connectivity index (χ4v) is 2.26. The molecule has 6 heteroatoms. The van der Waals surface area contributed by atoms with E-state index in [2.05, 4.69) is 5.32 Å². The lowest BCUT2D eigenvalue weighted by atomic mass is 10.0. The van der Waals surface area contributed by atoms with E-state index in [1.54, 1.807) is 47.9 Å². The Morgan fingerprint density at radius 1 is 1.13 bits per heavy atom. The second-order valence-corrected chi connectivity index (χ2v) is 5.32. The summed E-state index contributed by atoms with van der Waals surface area (Å²) in [4.78, 5) is 12.1. The predicted molar refractivity (Wildman–Crippen MR) is 86.1 cm³/mol. The summed E-state index contributed by atoms with van der Waals surface area (Å²) in [5.41, 5.74) is 3.85. The number of carbonyl (C=O) groups is 1. The van der Waals surface area contributed by atoms with Crippen LogP contribution >= 0.6 is 0 Å². The molecule has 2 atom stereocenters. The quantitative estimate of drug-likeness (QED) is 0.368. The van der Waals surface area contributed by atoms with Crippen molar-refractivity contribution in [3.05, 3.63) is 65.2 Å². The van der Waals surface area contributed by atoms with Gasteiger partial charge in [-0.3, -0.25) is 4.79 Å². The Labute approximate surface area is 134 Å². The molecule has 0 spiro atoms. The molecule has 0 radical (unpaired) electrons. The summed E-state index contributed by atoms with van der Waals surface area (Å²) in [5.74, 6) is 0.198. The van der Waals surface area contributed by atoms with Crippen LogP contribution in [-0.2, 0) is 11.2 Å². The molecule has 0 aliphatic rings. The summed E-state index contributed by atoms with van der Waals surface area (Å²) in [6.07, 6.45) is -0.975. The molecule has 6 N–H and O–H groups in total. The topological polar surface area (TPSA) is 104 Å². The summed E-state index contributed by atoms with van der Waals surface area (Å²) < 4.78 is 0. The molecule has 0 heterocycles. The molecule has 0 saturated heterocycles. The number of benzene rings is 2. The van der Waals surface area contributed by atoms with Crippen LogP contribution in [0.1, 0.15) is 35.9 Å². The molecule has 6 nitrogen and oxygen atoms in total. The minimum absolute atomic E-state index is 0.154. The van der Waals surface area contributed by atoms with Crippen molar-refractivity contribution in [3.63, 3.8) is 0 Å². The fraction of sp³-hybridized carbons (Fsp3) is 0.235. The van der Waals surface area contributed by atoms with Crippen molar-refractivity contribution in [2.45, 2.75) is 25.6 Å². The number of aliphatic hydroxyl groups excluding tert-OH is 1. The van der Waals surface area contributed by atoms with E-state index in [0.29, 0.717) is 16.9 Å². The lowest BCUT2D eigenvalue weighted by molar-refractivity contribution is -0.121. The maximum atomic E-state index is 12.1. The maximum absolute atomic E-state index is 12.1. The van der Waals surface area contributed by atoms with Gasteiger partial charge in [0.2, 0.25) is 5.91 Å².